The molecule has 0 fully saturated rings. The topological polar surface area (TPSA) is 85.8 Å². The minimum Gasteiger partial charge on any atom is -0.349 e. The van der Waals surface area contributed by atoms with Crippen molar-refractivity contribution in [3.8, 4) is 0 Å². The molecule has 0 saturated carbocycles. The maximum absolute atomic E-state index is 11.8. The lowest BCUT2D eigenvalue weighted by molar-refractivity contribution is -0.123. The van der Waals surface area contributed by atoms with E-state index in [-0.39, 0.29) is 11.4 Å². The molecule has 96 valence electrons. The summed E-state index contributed by atoms with van der Waals surface area (Å²) in [6.45, 7) is 5.08. The zero-order chi connectivity index (χ0) is 12.7. The number of nitrogens with zero attached hydrogens (tertiary/aromatic N) is 3. The zero-order valence-electron chi connectivity index (χ0n) is 10.5. The molecule has 1 aromatic rings. The fraction of sp³-hybridized carbons (Fsp3) is 0.727. The lowest BCUT2D eigenvalue weighted by Gasteiger charge is -2.31. The number of hydrogen-bond donors (Lipinski definition) is 2. The van der Waals surface area contributed by atoms with Gasteiger partial charge < -0.3 is 11.1 Å². The monoisotopic (exact) mass is 239 g/mol. The molecule has 0 unspecified atom stereocenters. The number of amides is 1. The van der Waals surface area contributed by atoms with Crippen LogP contribution < -0.4 is 11.1 Å². The molecule has 0 saturated heterocycles. The molecule has 0 aliphatic carbocycles. The quantitative estimate of drug-likeness (QED) is 0.716. The second kappa shape index (κ2) is 6.34. The largest absolute Gasteiger partial charge is 0.349 e. The molecular weight excluding hydrogens is 218 g/mol. The van der Waals surface area contributed by atoms with Gasteiger partial charge in [-0.15, -0.1) is 5.10 Å². The van der Waals surface area contributed by atoms with Crippen molar-refractivity contribution in [2.75, 3.05) is 6.54 Å². The van der Waals surface area contributed by atoms with Gasteiger partial charge in [-0.1, -0.05) is 19.1 Å². The van der Waals surface area contributed by atoms with Crippen molar-refractivity contribution in [2.24, 2.45) is 5.73 Å². The first-order valence-corrected chi connectivity index (χ1v) is 6.01. The van der Waals surface area contributed by atoms with Gasteiger partial charge in [-0.05, 0) is 12.8 Å². The molecule has 0 spiro atoms. The van der Waals surface area contributed by atoms with Gasteiger partial charge in [0.05, 0.1) is 18.3 Å². The number of nitrogens with two attached hydrogens (primary N) is 1. The van der Waals surface area contributed by atoms with Crippen molar-refractivity contribution < 1.29 is 4.79 Å². The molecular formula is C11H21N5O. The second-order valence-corrected chi connectivity index (χ2v) is 4.16. The predicted molar refractivity (Wildman–Crippen MR) is 65.1 cm³/mol. The van der Waals surface area contributed by atoms with Crippen LogP contribution in [0.2, 0.25) is 0 Å². The normalized spacial score (nSPS) is 11.5. The van der Waals surface area contributed by atoms with Crippen LogP contribution in [0.3, 0.4) is 0 Å². The van der Waals surface area contributed by atoms with Gasteiger partial charge in [-0.2, -0.15) is 0 Å². The first-order chi connectivity index (χ1) is 8.15. The molecule has 0 radical (unpaired) electrons. The smallest absolute Gasteiger partial charge is 0.222 e. The highest BCUT2D eigenvalue weighted by atomic mass is 16.1. The predicted octanol–water partition coefficient (Wildman–Crippen LogP) is 0.302. The van der Waals surface area contributed by atoms with Crippen LogP contribution in [-0.4, -0.2) is 33.0 Å². The minimum atomic E-state index is -0.264. The van der Waals surface area contributed by atoms with E-state index >= 15 is 0 Å². The molecule has 0 aliphatic heterocycles. The number of aromatic nitrogens is 3. The molecule has 6 heteroatoms. The molecule has 0 atom stereocenters. The summed E-state index contributed by atoms with van der Waals surface area (Å²) in [7, 11) is 0. The van der Waals surface area contributed by atoms with Crippen molar-refractivity contribution in [3.05, 3.63) is 12.4 Å². The van der Waals surface area contributed by atoms with Gasteiger partial charge in [0.15, 0.2) is 0 Å². The summed E-state index contributed by atoms with van der Waals surface area (Å²) in [5, 5.41) is 10.5. The zero-order valence-corrected chi connectivity index (χ0v) is 10.5. The van der Waals surface area contributed by atoms with Crippen LogP contribution in [0.25, 0.3) is 0 Å². The van der Waals surface area contributed by atoms with E-state index in [0.29, 0.717) is 19.5 Å². The van der Waals surface area contributed by atoms with Crippen LogP contribution >= 0.6 is 0 Å². The molecule has 0 aromatic carbocycles. The number of aryl methyl sites for hydroxylation is 1. The summed E-state index contributed by atoms with van der Waals surface area (Å²) in [5.74, 6) is 0.00894. The first kappa shape index (κ1) is 13.6. The Kier molecular flexibility index (Phi) is 5.09. The number of rotatable bonds is 7. The summed E-state index contributed by atoms with van der Waals surface area (Å²) < 4.78 is 1.64. The highest BCUT2D eigenvalue weighted by Gasteiger charge is 2.25. The van der Waals surface area contributed by atoms with Crippen LogP contribution in [-0.2, 0) is 11.3 Å². The standard InChI is InChI=1S/C11H21N5O/c1-3-11(4-2,9-12)14-10(17)5-7-16-8-6-13-15-16/h6,8H,3-5,7,9,12H2,1-2H3,(H,14,17). The Balaban J connectivity index is 2.42. The maximum atomic E-state index is 11.8. The second-order valence-electron chi connectivity index (χ2n) is 4.16. The summed E-state index contributed by atoms with van der Waals surface area (Å²) in [6, 6.07) is 0. The van der Waals surface area contributed by atoms with Crippen LogP contribution in [0.5, 0.6) is 0 Å². The maximum Gasteiger partial charge on any atom is 0.222 e. The average molecular weight is 239 g/mol. The highest BCUT2D eigenvalue weighted by molar-refractivity contribution is 5.76. The molecule has 17 heavy (non-hydrogen) atoms. The molecule has 0 bridgehead atoms. The van der Waals surface area contributed by atoms with Crippen molar-refractivity contribution in [2.45, 2.75) is 45.2 Å². The van der Waals surface area contributed by atoms with Gasteiger partial charge in [0, 0.05) is 19.2 Å². The van der Waals surface area contributed by atoms with E-state index in [1.807, 2.05) is 13.8 Å². The fourth-order valence-electron chi connectivity index (χ4n) is 1.69. The third-order valence-electron chi connectivity index (χ3n) is 3.19. The van der Waals surface area contributed by atoms with Crippen molar-refractivity contribution >= 4 is 5.91 Å². The SMILES string of the molecule is CCC(CC)(CN)NC(=O)CCn1ccnn1. The Morgan fingerprint density at radius 3 is 2.65 bits per heavy atom. The van der Waals surface area contributed by atoms with Crippen molar-refractivity contribution in [1.82, 2.24) is 20.3 Å². The number of carbonyl (C=O) groups is 1. The van der Waals surface area contributed by atoms with E-state index in [1.165, 1.54) is 0 Å². The van der Waals surface area contributed by atoms with E-state index < -0.39 is 0 Å². The highest BCUT2D eigenvalue weighted by Crippen LogP contribution is 2.13. The summed E-state index contributed by atoms with van der Waals surface area (Å²) in [6.07, 6.45) is 5.42. The van der Waals surface area contributed by atoms with Crippen LogP contribution in [0.4, 0.5) is 0 Å². The minimum absolute atomic E-state index is 0.00894. The van der Waals surface area contributed by atoms with Crippen LogP contribution in [0.1, 0.15) is 33.1 Å². The van der Waals surface area contributed by atoms with Crippen LogP contribution in [0, 0.1) is 0 Å². The average Bonchev–Trinajstić information content (AvgIpc) is 2.87. The van der Waals surface area contributed by atoms with Gasteiger partial charge in [0.2, 0.25) is 5.91 Å². The van der Waals surface area contributed by atoms with E-state index in [0.717, 1.165) is 12.8 Å². The fourth-order valence-corrected chi connectivity index (χ4v) is 1.69. The van der Waals surface area contributed by atoms with E-state index in [2.05, 4.69) is 15.6 Å². The Hall–Kier alpha value is -1.43. The molecule has 1 amide bonds. The molecule has 0 aliphatic rings. The molecule has 3 N–H and O–H groups in total. The Bertz CT molecular complexity index is 323. The van der Waals surface area contributed by atoms with Crippen molar-refractivity contribution in [1.29, 1.82) is 0 Å². The first-order valence-electron chi connectivity index (χ1n) is 6.01. The lowest BCUT2D eigenvalue weighted by Crippen LogP contribution is -2.53. The Labute approximate surface area is 102 Å². The molecule has 6 nitrogen and oxygen atoms in total. The number of hydrogen-bond acceptors (Lipinski definition) is 4. The Morgan fingerprint density at radius 1 is 1.47 bits per heavy atom. The van der Waals surface area contributed by atoms with E-state index in [9.17, 15) is 4.79 Å². The van der Waals surface area contributed by atoms with Gasteiger partial charge in [0.1, 0.15) is 0 Å². The molecule has 1 aromatic heterocycles. The van der Waals surface area contributed by atoms with Gasteiger partial charge in [-0.3, -0.25) is 9.48 Å². The third kappa shape index (κ3) is 3.81. The van der Waals surface area contributed by atoms with Crippen LogP contribution in [0.15, 0.2) is 12.4 Å². The summed E-state index contributed by atoms with van der Waals surface area (Å²) in [4.78, 5) is 11.8. The van der Waals surface area contributed by atoms with Gasteiger partial charge in [-0.25, -0.2) is 0 Å². The van der Waals surface area contributed by atoms with Gasteiger partial charge in [0.25, 0.3) is 0 Å². The van der Waals surface area contributed by atoms with E-state index in [1.54, 1.807) is 17.1 Å². The summed E-state index contributed by atoms with van der Waals surface area (Å²) in [5.41, 5.74) is 5.46. The molecule has 1 heterocycles. The molecule has 1 rings (SSSR count). The number of carbonyl (C=O) groups excluding carboxylic acids is 1. The lowest BCUT2D eigenvalue weighted by atomic mass is 9.93. The van der Waals surface area contributed by atoms with Gasteiger partial charge >= 0.3 is 0 Å². The summed E-state index contributed by atoms with van der Waals surface area (Å²) >= 11 is 0. The third-order valence-corrected chi connectivity index (χ3v) is 3.19. The number of nitrogens with one attached hydrogen (secondary N) is 1. The van der Waals surface area contributed by atoms with E-state index in [4.69, 9.17) is 5.73 Å². The Morgan fingerprint density at radius 2 is 2.18 bits per heavy atom. The van der Waals surface area contributed by atoms with Crippen molar-refractivity contribution in [3.63, 3.8) is 0 Å².